The van der Waals surface area contributed by atoms with Gasteiger partial charge in [0.1, 0.15) is 97.0 Å². The number of halogens is 9. The van der Waals surface area contributed by atoms with Crippen LogP contribution < -0.4 is 32.3 Å². The van der Waals surface area contributed by atoms with Gasteiger partial charge in [0.05, 0.1) is 56.0 Å². The molecule has 0 bridgehead atoms. The first kappa shape index (κ1) is 108. The van der Waals surface area contributed by atoms with E-state index < -0.39 is 92.8 Å². The Morgan fingerprint density at radius 3 is 1.29 bits per heavy atom. The van der Waals surface area contributed by atoms with Crippen LogP contribution in [0.15, 0.2) is 285 Å². The molecule has 0 atom stereocenters. The van der Waals surface area contributed by atoms with Gasteiger partial charge in [-0.15, -0.1) is 69.1 Å². The molecular weight excluding hydrogens is 2030 g/mol. The number of nitrogens with one attached hydrogen (secondary N) is 5. The SMILES string of the molecule is CC(=O)c1cc(-c2ccc(NC(=O)c3c(F)cccc3F)cc2)c(C)s1.CCc1sc(-c2ccc(C)nc2)nc1-c1ccc(NC(=O)c2cccc(F)c2C)nc1.Cc1cccc(F)c1C(=O)Nc1ccc(-c2nc(-c3ccc(N)nc3)sc2C)cn1.Cc1sc(-c2cncn2CCN(C)C)cc1-c1ccc(NC(=O)c2c(F)cccc2F)cc1.Cc1sc(-c2ncco2)cc1-c1ccc(NC(=O)c2c(F)cccc2F)cc1.Cl. The van der Waals surface area contributed by atoms with Gasteiger partial charge in [-0.25, -0.2) is 70.0 Å². The molecule has 37 heteroatoms. The molecule has 8 aromatic carbocycles. The van der Waals surface area contributed by atoms with Crippen molar-refractivity contribution in [2.75, 3.05) is 53.0 Å². The number of nitrogen functional groups attached to an aromatic ring is 1. The molecule has 149 heavy (non-hydrogen) atoms. The van der Waals surface area contributed by atoms with Crippen LogP contribution in [0.4, 0.5) is 69.6 Å². The monoisotopic (exact) mass is 2120 g/mol. The standard InChI is InChI=1S/C25H24F2N4OS.C24H21FN4OS.C22H18FN5OS.C21H14F2N2O2S.C20H15F2NO2S.ClH/c1-16-19(13-23(33-16)22-14-28-15-31(22)12-11-30(2)3)17-7-9-18(10-8-17)29-25(32)24-20(26)5-4-6-21(24)27;1-4-20-22(29-24(31-20)17-9-8-14(2)26-13-17)16-10-11-21(27-12-16)28-23(30)18-6-5-7-19(25)15(18)3;1-12-4-3-5-16(23)19(12)21(29)27-18-9-7-14(10-26-18)20-13(2)30-22(28-20)15-6-8-17(24)25-11-15;1-12-15(11-18(28-12)21-24-9-10-27-21)13-5-7-14(8-6-13)25-20(26)19-16(22)3-2-4-17(19)23;1-11(24)18-10-15(12(2)26-18)13-6-8-14(9-7-13)23-20(25)19-16(21)4-3-5-17(19)22;/h4-10,13-15H,11-12H2,1-3H3,(H,29,32);5-13H,4H2,1-3H3,(H,27,28,30);3-11H,1-2H3,(H2,24,25)(H,26,27,29);2-11H,1H3,(H,25,26);3-10H,1-2H3,(H,23,25);1H. The minimum absolute atomic E-state index is 0. The molecule has 0 aliphatic rings. The van der Waals surface area contributed by atoms with Crippen molar-refractivity contribution in [3.05, 3.63) is 401 Å². The molecule has 0 unspecified atom stereocenters. The number of nitrogens with zero attached hydrogens (tertiary/aromatic N) is 10. The maximum Gasteiger partial charge on any atom is 0.261 e. The van der Waals surface area contributed by atoms with Crippen LogP contribution >= 0.6 is 69.1 Å². The Kier molecular flexibility index (Phi) is 35.8. The minimum Gasteiger partial charge on any atom is -0.444 e. The highest BCUT2D eigenvalue weighted by atomic mass is 35.5. The predicted molar refractivity (Wildman–Crippen MR) is 578 cm³/mol. The van der Waals surface area contributed by atoms with Crippen LogP contribution in [-0.4, -0.2) is 105 Å². The lowest BCUT2D eigenvalue weighted by Crippen LogP contribution is -2.18. The predicted octanol–water partition coefficient (Wildman–Crippen LogP) is 28.2. The van der Waals surface area contributed by atoms with E-state index in [-0.39, 0.29) is 29.3 Å². The number of aromatic nitrogens is 9. The summed E-state index contributed by atoms with van der Waals surface area (Å²) in [6.45, 7) is 18.6. The lowest BCUT2D eigenvalue weighted by atomic mass is 10.1. The number of imidazole rings is 1. The fourth-order valence-corrected chi connectivity index (χ4v) is 20.1. The molecule has 23 nitrogen and oxygen atoms in total. The van der Waals surface area contributed by atoms with E-state index in [1.165, 1.54) is 60.9 Å². The first-order valence-electron chi connectivity index (χ1n) is 45.7. The van der Waals surface area contributed by atoms with Crippen LogP contribution in [-0.2, 0) is 13.0 Å². The van der Waals surface area contributed by atoms with Crippen molar-refractivity contribution in [1.82, 2.24) is 49.3 Å². The Hall–Kier alpha value is -16.4. The zero-order chi connectivity index (χ0) is 105. The van der Waals surface area contributed by atoms with E-state index >= 15 is 0 Å². The summed E-state index contributed by atoms with van der Waals surface area (Å²) in [4.78, 5) is 119. The molecule has 11 heterocycles. The smallest absolute Gasteiger partial charge is 0.261 e. The number of hydrogen-bond donors (Lipinski definition) is 6. The Morgan fingerprint density at radius 1 is 0.409 bits per heavy atom. The zero-order valence-corrected chi connectivity index (χ0v) is 86.5. The first-order chi connectivity index (χ1) is 71.1. The van der Waals surface area contributed by atoms with Crippen LogP contribution in [0, 0.1) is 95.0 Å². The van der Waals surface area contributed by atoms with Crippen molar-refractivity contribution >= 4 is 139 Å². The number of nitrogens with two attached hydrogens (primary N) is 1. The molecular formula is C112H93ClF8N16O7S5. The third-order valence-corrected chi connectivity index (χ3v) is 28.5. The Labute approximate surface area is 877 Å². The average Bonchev–Trinajstić information content (AvgIpc) is 1.73. The van der Waals surface area contributed by atoms with Crippen molar-refractivity contribution in [2.45, 2.75) is 75.3 Å². The third-order valence-electron chi connectivity index (χ3n) is 23.0. The highest BCUT2D eigenvalue weighted by Gasteiger charge is 2.26. The number of aryl methyl sites for hydroxylation is 7. The number of ketones is 1. The van der Waals surface area contributed by atoms with Crippen LogP contribution in [0.1, 0.15) is 117 Å². The van der Waals surface area contributed by atoms with E-state index in [2.05, 4.69) is 85.9 Å². The van der Waals surface area contributed by atoms with Crippen LogP contribution in [0.5, 0.6) is 0 Å². The number of oxazole rings is 1. The van der Waals surface area contributed by atoms with Gasteiger partial charge in [0, 0.05) is 113 Å². The topological polar surface area (TPSA) is 313 Å². The van der Waals surface area contributed by atoms with Gasteiger partial charge in [0.2, 0.25) is 5.89 Å². The lowest BCUT2D eigenvalue weighted by Gasteiger charge is -2.11. The summed E-state index contributed by atoms with van der Waals surface area (Å²) in [7, 11) is 4.09. The largest absolute Gasteiger partial charge is 0.444 e. The second-order valence-electron chi connectivity index (χ2n) is 33.6. The second kappa shape index (κ2) is 49.2. The number of Topliss-reactive ketones (excluding diaryl/α,β-unsaturated/α-hetero) is 1. The van der Waals surface area contributed by atoms with Gasteiger partial charge in [-0.05, 0) is 278 Å². The number of carbonyl (C=O) groups excluding carboxylic acids is 6. The number of benzene rings is 8. The maximum atomic E-state index is 14.0. The fraction of sp³-hybridized carbons (Fsp3) is 0.125. The normalized spacial score (nSPS) is 10.8. The van der Waals surface area contributed by atoms with E-state index in [9.17, 15) is 63.9 Å². The van der Waals surface area contributed by atoms with Gasteiger partial charge < -0.3 is 46.2 Å². The quantitative estimate of drug-likeness (QED) is 0.0242. The van der Waals surface area contributed by atoms with Crippen molar-refractivity contribution in [3.8, 4) is 98.4 Å². The number of thiophene rings is 3. The van der Waals surface area contributed by atoms with Gasteiger partial charge >= 0.3 is 0 Å². The van der Waals surface area contributed by atoms with Crippen LogP contribution in [0.3, 0.4) is 0 Å². The molecule has 5 amide bonds. The van der Waals surface area contributed by atoms with E-state index in [4.69, 9.17) is 20.1 Å². The molecule has 0 saturated carbocycles. The fourth-order valence-electron chi connectivity index (χ4n) is 15.2. The van der Waals surface area contributed by atoms with Gasteiger partial charge in [0.25, 0.3) is 29.5 Å². The average molecular weight is 2120 g/mol. The molecule has 0 saturated heterocycles. The highest BCUT2D eigenvalue weighted by molar-refractivity contribution is 7.17. The summed E-state index contributed by atoms with van der Waals surface area (Å²) in [5, 5.41) is 14.7. The second-order valence-corrected chi connectivity index (χ2v) is 39.7. The molecule has 0 spiro atoms. The molecule has 0 aliphatic carbocycles. The summed E-state index contributed by atoms with van der Waals surface area (Å²) >= 11 is 7.90. The van der Waals surface area contributed by atoms with Gasteiger partial charge in [-0.2, -0.15) is 0 Å². The Balaban J connectivity index is 0.000000147. The number of pyridine rings is 4. The number of carbonyl (C=O) groups is 6. The molecule has 19 aromatic rings. The van der Waals surface area contributed by atoms with Crippen molar-refractivity contribution in [3.63, 3.8) is 0 Å². The first-order valence-corrected chi connectivity index (χ1v) is 49.8. The van der Waals surface area contributed by atoms with E-state index in [1.807, 2.05) is 127 Å². The van der Waals surface area contributed by atoms with Gasteiger partial charge in [0.15, 0.2) is 5.78 Å². The molecule has 0 aliphatic heterocycles. The summed E-state index contributed by atoms with van der Waals surface area (Å²) in [6.07, 6.45) is 14.6. The van der Waals surface area contributed by atoms with Crippen LogP contribution in [0.25, 0.3) is 98.4 Å². The number of thiazole rings is 2. The lowest BCUT2D eigenvalue weighted by molar-refractivity contribution is 0.101. The summed E-state index contributed by atoms with van der Waals surface area (Å²) < 4.78 is 118. The third kappa shape index (κ3) is 26.7. The van der Waals surface area contributed by atoms with Crippen molar-refractivity contribution in [2.24, 2.45) is 0 Å². The number of hydrogen-bond acceptors (Lipinski definition) is 22. The number of likely N-dealkylation sites (N-methyl/N-ethyl adjacent to an activating group) is 1. The Bertz CT molecular complexity index is 7970. The van der Waals surface area contributed by atoms with E-state index in [1.54, 1.807) is 169 Å². The van der Waals surface area contributed by atoms with E-state index in [0.717, 1.165) is 178 Å². The zero-order valence-electron chi connectivity index (χ0n) is 81.6. The summed E-state index contributed by atoms with van der Waals surface area (Å²) in [5.41, 5.74) is 19.5. The van der Waals surface area contributed by atoms with E-state index in [0.29, 0.717) is 56.4 Å². The van der Waals surface area contributed by atoms with Gasteiger partial charge in [-0.3, -0.25) is 33.8 Å². The number of rotatable bonds is 24. The highest BCUT2D eigenvalue weighted by Crippen LogP contribution is 2.42. The maximum absolute atomic E-state index is 14.0. The molecule has 0 radical (unpaired) electrons. The number of anilines is 6. The Morgan fingerprint density at radius 2 is 0.832 bits per heavy atom. The van der Waals surface area contributed by atoms with Crippen LogP contribution in [0.2, 0.25) is 0 Å². The van der Waals surface area contributed by atoms with Gasteiger partial charge in [-0.1, -0.05) is 79.7 Å². The molecule has 11 aromatic heterocycles. The summed E-state index contributed by atoms with van der Waals surface area (Å²) in [5.74, 6) is -8.05. The number of amides is 5. The molecule has 19 rings (SSSR count). The molecule has 7 N–H and O–H groups in total. The molecule has 0 fully saturated rings. The van der Waals surface area contributed by atoms with Crippen molar-refractivity contribution < 1.29 is 68.3 Å². The summed E-state index contributed by atoms with van der Waals surface area (Å²) in [6, 6.07) is 60.7. The molecule has 756 valence electrons. The van der Waals surface area contributed by atoms with Crippen molar-refractivity contribution in [1.29, 1.82) is 0 Å². The minimum atomic E-state index is -0.912.